The van der Waals surface area contributed by atoms with Crippen LogP contribution in [0.5, 0.6) is 0 Å². The van der Waals surface area contributed by atoms with E-state index in [1.165, 1.54) is 13.3 Å². The van der Waals surface area contributed by atoms with Crippen molar-refractivity contribution in [2.24, 2.45) is 5.92 Å². The number of rotatable bonds is 8. The van der Waals surface area contributed by atoms with Gasteiger partial charge >= 0.3 is 5.97 Å². The predicted molar refractivity (Wildman–Crippen MR) is 78.8 cm³/mol. The molecule has 1 heterocycles. The molecule has 1 rings (SSSR count). The molecule has 0 atom stereocenters. The highest BCUT2D eigenvalue weighted by Crippen LogP contribution is 2.15. The lowest BCUT2D eigenvalue weighted by Gasteiger charge is -2.09. The minimum absolute atomic E-state index is 0.308. The van der Waals surface area contributed by atoms with Gasteiger partial charge in [-0.3, -0.25) is 0 Å². The minimum atomic E-state index is -0.465. The molecule has 1 aromatic heterocycles. The monoisotopic (exact) mass is 281 g/mol. The zero-order chi connectivity index (χ0) is 15.0. The third kappa shape index (κ3) is 5.44. The molecule has 0 aromatic carbocycles. The third-order valence-electron chi connectivity index (χ3n) is 2.56. The summed E-state index contributed by atoms with van der Waals surface area (Å²) in [5.74, 6) is 0.681. The Hall–Kier alpha value is -1.82. The van der Waals surface area contributed by atoms with Crippen LogP contribution in [0.3, 0.4) is 0 Å². The van der Waals surface area contributed by atoms with Crippen molar-refractivity contribution in [3.63, 3.8) is 0 Å². The van der Waals surface area contributed by atoms with E-state index in [0.717, 1.165) is 19.6 Å². The highest BCUT2D eigenvalue weighted by molar-refractivity contribution is 5.95. The number of nitrogen functional groups attached to an aromatic ring is 1. The number of hydrogen-bond donors (Lipinski definition) is 2. The first-order valence-corrected chi connectivity index (χ1v) is 6.70. The highest BCUT2D eigenvalue weighted by atomic mass is 16.5. The molecular formula is C14H23N3O3. The summed E-state index contributed by atoms with van der Waals surface area (Å²) in [7, 11) is 1.32. The van der Waals surface area contributed by atoms with Crippen molar-refractivity contribution >= 4 is 17.5 Å². The molecule has 0 spiro atoms. The molecule has 0 fully saturated rings. The number of aromatic nitrogens is 1. The minimum Gasteiger partial charge on any atom is -0.465 e. The fourth-order valence-electron chi connectivity index (χ4n) is 1.56. The molecule has 0 amide bonds. The van der Waals surface area contributed by atoms with E-state index < -0.39 is 5.97 Å². The Labute approximate surface area is 119 Å². The number of hydrogen-bond acceptors (Lipinski definition) is 6. The summed E-state index contributed by atoms with van der Waals surface area (Å²) in [4.78, 5) is 15.6. The number of anilines is 2. The topological polar surface area (TPSA) is 86.5 Å². The lowest BCUT2D eigenvalue weighted by molar-refractivity contribution is 0.0602. The fraction of sp³-hybridized carbons (Fsp3) is 0.571. The van der Waals surface area contributed by atoms with Crippen LogP contribution in [0.25, 0.3) is 0 Å². The summed E-state index contributed by atoms with van der Waals surface area (Å²) < 4.78 is 10.1. The molecule has 20 heavy (non-hydrogen) atoms. The first-order chi connectivity index (χ1) is 9.54. The third-order valence-corrected chi connectivity index (χ3v) is 2.56. The summed E-state index contributed by atoms with van der Waals surface area (Å²) >= 11 is 0. The van der Waals surface area contributed by atoms with Crippen LogP contribution in [0.4, 0.5) is 11.5 Å². The van der Waals surface area contributed by atoms with E-state index in [0.29, 0.717) is 29.6 Å². The summed E-state index contributed by atoms with van der Waals surface area (Å²) in [6.07, 6.45) is 2.32. The predicted octanol–water partition coefficient (Wildman–Crippen LogP) is 1.92. The van der Waals surface area contributed by atoms with Crippen LogP contribution in [-0.2, 0) is 9.47 Å². The number of esters is 1. The van der Waals surface area contributed by atoms with Gasteiger partial charge in [-0.25, -0.2) is 9.78 Å². The summed E-state index contributed by atoms with van der Waals surface area (Å²) in [5.41, 5.74) is 6.31. The van der Waals surface area contributed by atoms with Crippen LogP contribution < -0.4 is 11.1 Å². The van der Waals surface area contributed by atoms with Crippen LogP contribution in [0.15, 0.2) is 12.3 Å². The van der Waals surface area contributed by atoms with E-state index in [-0.39, 0.29) is 0 Å². The van der Waals surface area contributed by atoms with Gasteiger partial charge in [0.25, 0.3) is 0 Å². The summed E-state index contributed by atoms with van der Waals surface area (Å²) in [6.45, 7) is 6.42. The van der Waals surface area contributed by atoms with Crippen molar-refractivity contribution in [2.75, 3.05) is 37.9 Å². The second-order valence-corrected chi connectivity index (χ2v) is 4.90. The van der Waals surface area contributed by atoms with Gasteiger partial charge in [-0.05, 0) is 18.4 Å². The zero-order valence-electron chi connectivity index (χ0n) is 12.3. The normalized spacial score (nSPS) is 10.6. The number of methoxy groups -OCH3 is 1. The molecule has 0 radical (unpaired) electrons. The van der Waals surface area contributed by atoms with E-state index in [1.54, 1.807) is 6.07 Å². The molecule has 0 saturated carbocycles. The van der Waals surface area contributed by atoms with Crippen LogP contribution in [0.1, 0.15) is 30.6 Å². The molecule has 3 N–H and O–H groups in total. The Kier molecular flexibility index (Phi) is 6.79. The SMILES string of the molecule is COC(=O)c1cc(NCCCOCC(C)C)ncc1N. The number of nitrogens with one attached hydrogen (secondary N) is 1. The Morgan fingerprint density at radius 1 is 1.50 bits per heavy atom. The molecule has 6 nitrogen and oxygen atoms in total. The maximum atomic E-state index is 11.5. The molecule has 112 valence electrons. The maximum absolute atomic E-state index is 11.5. The van der Waals surface area contributed by atoms with E-state index in [2.05, 4.69) is 28.9 Å². The van der Waals surface area contributed by atoms with E-state index in [4.69, 9.17) is 10.5 Å². The largest absolute Gasteiger partial charge is 0.465 e. The average Bonchev–Trinajstić information content (AvgIpc) is 2.43. The van der Waals surface area contributed by atoms with Gasteiger partial charge in [0.15, 0.2) is 0 Å². The lowest BCUT2D eigenvalue weighted by atomic mass is 10.2. The Bertz CT molecular complexity index is 436. The smallest absolute Gasteiger partial charge is 0.340 e. The highest BCUT2D eigenvalue weighted by Gasteiger charge is 2.11. The first kappa shape index (κ1) is 16.2. The molecule has 0 saturated heterocycles. The van der Waals surface area contributed by atoms with Gasteiger partial charge < -0.3 is 20.5 Å². The number of ether oxygens (including phenoxy) is 2. The Morgan fingerprint density at radius 3 is 2.90 bits per heavy atom. The number of nitrogens with zero attached hydrogens (tertiary/aromatic N) is 1. The maximum Gasteiger partial charge on any atom is 0.340 e. The second kappa shape index (κ2) is 8.37. The molecule has 6 heteroatoms. The fourth-order valence-corrected chi connectivity index (χ4v) is 1.56. The Balaban J connectivity index is 2.39. The van der Waals surface area contributed by atoms with Crippen LogP contribution >= 0.6 is 0 Å². The molecule has 1 aromatic rings. The molecule has 0 aliphatic rings. The van der Waals surface area contributed by atoms with Crippen molar-refractivity contribution in [2.45, 2.75) is 20.3 Å². The van der Waals surface area contributed by atoms with Gasteiger partial charge in [-0.1, -0.05) is 13.8 Å². The van der Waals surface area contributed by atoms with Gasteiger partial charge in [0.2, 0.25) is 0 Å². The van der Waals surface area contributed by atoms with Gasteiger partial charge in [0.1, 0.15) is 5.82 Å². The number of carbonyl (C=O) groups is 1. The second-order valence-electron chi connectivity index (χ2n) is 4.90. The Morgan fingerprint density at radius 2 is 2.25 bits per heavy atom. The van der Waals surface area contributed by atoms with Crippen LogP contribution in [0, 0.1) is 5.92 Å². The van der Waals surface area contributed by atoms with Crippen molar-refractivity contribution < 1.29 is 14.3 Å². The van der Waals surface area contributed by atoms with Crippen molar-refractivity contribution in [3.05, 3.63) is 17.8 Å². The van der Waals surface area contributed by atoms with Gasteiger partial charge in [0.05, 0.1) is 24.6 Å². The van der Waals surface area contributed by atoms with Gasteiger partial charge in [-0.2, -0.15) is 0 Å². The average molecular weight is 281 g/mol. The van der Waals surface area contributed by atoms with Crippen LogP contribution in [0.2, 0.25) is 0 Å². The van der Waals surface area contributed by atoms with E-state index >= 15 is 0 Å². The molecule has 0 bridgehead atoms. The van der Waals surface area contributed by atoms with Gasteiger partial charge in [0, 0.05) is 19.8 Å². The lowest BCUT2D eigenvalue weighted by Crippen LogP contribution is -2.11. The standard InChI is InChI=1S/C14H23N3O3/c1-10(2)9-20-6-4-5-16-13-7-11(14(18)19-3)12(15)8-17-13/h7-8,10H,4-6,9,15H2,1-3H3,(H,16,17). The van der Waals surface area contributed by atoms with Crippen LogP contribution in [-0.4, -0.2) is 37.8 Å². The van der Waals surface area contributed by atoms with Crippen molar-refractivity contribution in [1.29, 1.82) is 0 Å². The van der Waals surface area contributed by atoms with Crippen molar-refractivity contribution in [3.8, 4) is 0 Å². The molecular weight excluding hydrogens is 258 g/mol. The molecule has 0 unspecified atom stereocenters. The quantitative estimate of drug-likeness (QED) is 0.559. The summed E-state index contributed by atoms with van der Waals surface area (Å²) in [5, 5.41) is 3.12. The van der Waals surface area contributed by atoms with E-state index in [1.807, 2.05) is 0 Å². The van der Waals surface area contributed by atoms with Crippen molar-refractivity contribution in [1.82, 2.24) is 4.98 Å². The van der Waals surface area contributed by atoms with E-state index in [9.17, 15) is 4.79 Å². The molecule has 0 aliphatic heterocycles. The van der Waals surface area contributed by atoms with Gasteiger partial charge in [-0.15, -0.1) is 0 Å². The molecule has 0 aliphatic carbocycles. The number of nitrogens with two attached hydrogens (primary N) is 1. The number of pyridine rings is 1. The number of carbonyl (C=O) groups excluding carboxylic acids is 1. The first-order valence-electron chi connectivity index (χ1n) is 6.70. The summed E-state index contributed by atoms with van der Waals surface area (Å²) in [6, 6.07) is 1.59. The zero-order valence-corrected chi connectivity index (χ0v) is 12.3.